The molecule has 0 aromatic carbocycles. The number of carbonyl (C=O) groups excluding carboxylic acids is 2. The molecule has 1 saturated heterocycles. The summed E-state index contributed by atoms with van der Waals surface area (Å²) in [5.41, 5.74) is -0.740. The number of hydroxylamine groups is 2. The van der Waals surface area contributed by atoms with Crippen LogP contribution in [0, 0.1) is 5.41 Å². The quantitative estimate of drug-likeness (QED) is 0.619. The summed E-state index contributed by atoms with van der Waals surface area (Å²) < 4.78 is 0. The van der Waals surface area contributed by atoms with Gasteiger partial charge in [0.25, 0.3) is 0 Å². The summed E-state index contributed by atoms with van der Waals surface area (Å²) in [5, 5.41) is 21.0. The fourth-order valence-electron chi connectivity index (χ4n) is 2.00. The van der Waals surface area contributed by atoms with Crippen molar-refractivity contribution in [3.63, 3.8) is 0 Å². The number of nitrogens with zero attached hydrogens (tertiary/aromatic N) is 1. The molecule has 0 bridgehead atoms. The van der Waals surface area contributed by atoms with Gasteiger partial charge in [-0.1, -0.05) is 0 Å². The molecule has 9 heteroatoms. The van der Waals surface area contributed by atoms with E-state index in [9.17, 15) is 19.2 Å². The molecule has 1 amide bonds. The summed E-state index contributed by atoms with van der Waals surface area (Å²) in [6.07, 6.45) is 0.268. The van der Waals surface area contributed by atoms with Gasteiger partial charge >= 0.3 is 17.9 Å². The third-order valence-electron chi connectivity index (χ3n) is 3.31. The highest BCUT2D eigenvalue weighted by atomic mass is 16.7. The summed E-state index contributed by atoms with van der Waals surface area (Å²) >= 11 is 0. The molecule has 0 aromatic rings. The zero-order valence-corrected chi connectivity index (χ0v) is 13.4. The largest absolute Gasteiger partial charge is 0.481 e. The Morgan fingerprint density at radius 3 is 2.35 bits per heavy atom. The molecule has 0 radical (unpaired) electrons. The third-order valence-corrected chi connectivity index (χ3v) is 3.31. The Morgan fingerprint density at radius 1 is 1.26 bits per heavy atom. The zero-order valence-electron chi connectivity index (χ0n) is 13.4. The number of amides is 1. The molecule has 2 atom stereocenters. The number of carbonyl (C=O) groups is 4. The maximum absolute atomic E-state index is 12.2. The monoisotopic (exact) mass is 330 g/mol. The van der Waals surface area contributed by atoms with Crippen LogP contribution in [0.5, 0.6) is 0 Å². The van der Waals surface area contributed by atoms with E-state index in [1.807, 2.05) is 0 Å². The zero-order chi connectivity index (χ0) is 17.8. The Morgan fingerprint density at radius 2 is 1.87 bits per heavy atom. The second-order valence-corrected chi connectivity index (χ2v) is 6.42. The molecule has 1 aliphatic rings. The van der Waals surface area contributed by atoms with Crippen molar-refractivity contribution in [1.29, 1.82) is 0 Å². The van der Waals surface area contributed by atoms with Crippen LogP contribution in [0.3, 0.4) is 0 Å². The molecular formula is C14H22N2O7. The molecule has 1 heterocycles. The summed E-state index contributed by atoms with van der Waals surface area (Å²) in [7, 11) is 0. The van der Waals surface area contributed by atoms with E-state index in [1.54, 1.807) is 20.8 Å². The lowest BCUT2D eigenvalue weighted by molar-refractivity contribution is -0.204. The van der Waals surface area contributed by atoms with Crippen molar-refractivity contribution >= 4 is 23.8 Å². The minimum atomic E-state index is -1.53. The highest BCUT2D eigenvalue weighted by Crippen LogP contribution is 2.22. The van der Waals surface area contributed by atoms with Crippen LogP contribution in [-0.2, 0) is 24.0 Å². The fraction of sp³-hybridized carbons (Fsp3) is 0.714. The SMILES string of the molecule is CC(C)(C)C(=O)ON1CCCC1C(=O)NC(CC(=O)O)C(=O)O. The molecule has 0 aromatic heterocycles. The average Bonchev–Trinajstić information content (AvgIpc) is 2.84. The van der Waals surface area contributed by atoms with Crippen molar-refractivity contribution in [3.05, 3.63) is 0 Å². The van der Waals surface area contributed by atoms with E-state index >= 15 is 0 Å². The van der Waals surface area contributed by atoms with Gasteiger partial charge in [-0.2, -0.15) is 0 Å². The van der Waals surface area contributed by atoms with Crippen molar-refractivity contribution in [2.45, 2.75) is 52.1 Å². The third kappa shape index (κ3) is 5.51. The van der Waals surface area contributed by atoms with Crippen molar-refractivity contribution < 1.29 is 34.2 Å². The van der Waals surface area contributed by atoms with Gasteiger partial charge in [0, 0.05) is 6.54 Å². The predicted molar refractivity (Wildman–Crippen MR) is 77.1 cm³/mol. The number of hydrogen-bond acceptors (Lipinski definition) is 6. The van der Waals surface area contributed by atoms with E-state index in [4.69, 9.17) is 15.1 Å². The molecule has 0 spiro atoms. The normalized spacial score (nSPS) is 19.9. The van der Waals surface area contributed by atoms with E-state index in [0.717, 1.165) is 0 Å². The second-order valence-electron chi connectivity index (χ2n) is 6.42. The number of carboxylic acid groups (broad SMARTS) is 2. The first-order valence-electron chi connectivity index (χ1n) is 7.26. The lowest BCUT2D eigenvalue weighted by atomic mass is 9.98. The first kappa shape index (κ1) is 18.9. The Balaban J connectivity index is 2.71. The molecule has 0 saturated carbocycles. The van der Waals surface area contributed by atoms with Crippen LogP contribution in [0.25, 0.3) is 0 Å². The molecule has 1 aliphatic heterocycles. The first-order chi connectivity index (χ1) is 10.5. The van der Waals surface area contributed by atoms with Crippen molar-refractivity contribution in [2.24, 2.45) is 5.41 Å². The van der Waals surface area contributed by atoms with Crippen LogP contribution in [0.2, 0.25) is 0 Å². The molecule has 2 unspecified atom stereocenters. The number of rotatable bonds is 6. The molecular weight excluding hydrogens is 308 g/mol. The van der Waals surface area contributed by atoms with Gasteiger partial charge in [-0.15, -0.1) is 5.06 Å². The van der Waals surface area contributed by atoms with Gasteiger partial charge in [0.15, 0.2) is 0 Å². The smallest absolute Gasteiger partial charge is 0.330 e. The maximum atomic E-state index is 12.2. The Labute approximate surface area is 133 Å². The lowest BCUT2D eigenvalue weighted by Crippen LogP contribution is -2.50. The predicted octanol–water partition coefficient (Wildman–Crippen LogP) is -0.000800. The van der Waals surface area contributed by atoms with Crippen molar-refractivity contribution in [1.82, 2.24) is 10.4 Å². The molecule has 1 fully saturated rings. The minimum absolute atomic E-state index is 0.358. The number of carboxylic acids is 2. The fourth-order valence-corrected chi connectivity index (χ4v) is 2.00. The highest BCUT2D eigenvalue weighted by molar-refractivity contribution is 5.89. The molecule has 130 valence electrons. The first-order valence-corrected chi connectivity index (χ1v) is 7.26. The van der Waals surface area contributed by atoms with E-state index < -0.39 is 47.7 Å². The maximum Gasteiger partial charge on any atom is 0.330 e. The van der Waals surface area contributed by atoms with Gasteiger partial charge < -0.3 is 20.4 Å². The number of hydrogen-bond donors (Lipinski definition) is 3. The van der Waals surface area contributed by atoms with Crippen LogP contribution < -0.4 is 5.32 Å². The Hall–Kier alpha value is -2.16. The summed E-state index contributed by atoms with van der Waals surface area (Å²) in [4.78, 5) is 50.9. The molecule has 9 nitrogen and oxygen atoms in total. The second kappa shape index (κ2) is 7.40. The number of aliphatic carboxylic acids is 2. The average molecular weight is 330 g/mol. The van der Waals surface area contributed by atoms with Gasteiger partial charge in [0.1, 0.15) is 12.1 Å². The number of nitrogens with one attached hydrogen (secondary N) is 1. The van der Waals surface area contributed by atoms with Gasteiger partial charge in [0.2, 0.25) is 5.91 Å². The highest BCUT2D eigenvalue weighted by Gasteiger charge is 2.37. The van der Waals surface area contributed by atoms with E-state index in [-0.39, 0.29) is 0 Å². The van der Waals surface area contributed by atoms with Crippen LogP contribution in [0.4, 0.5) is 0 Å². The van der Waals surface area contributed by atoms with Gasteiger partial charge in [-0.05, 0) is 33.6 Å². The van der Waals surface area contributed by atoms with Crippen LogP contribution >= 0.6 is 0 Å². The molecule has 3 N–H and O–H groups in total. The van der Waals surface area contributed by atoms with Crippen LogP contribution in [-0.4, -0.2) is 57.7 Å². The topological polar surface area (TPSA) is 133 Å². The van der Waals surface area contributed by atoms with Crippen molar-refractivity contribution in [2.75, 3.05) is 6.54 Å². The summed E-state index contributed by atoms with van der Waals surface area (Å²) in [5.74, 6) is -3.94. The van der Waals surface area contributed by atoms with E-state index in [0.29, 0.717) is 19.4 Å². The van der Waals surface area contributed by atoms with Gasteiger partial charge in [0.05, 0.1) is 11.8 Å². The van der Waals surface area contributed by atoms with E-state index in [1.165, 1.54) is 5.06 Å². The van der Waals surface area contributed by atoms with E-state index in [2.05, 4.69) is 5.32 Å². The van der Waals surface area contributed by atoms with Crippen LogP contribution in [0.1, 0.15) is 40.0 Å². The summed E-state index contributed by atoms with van der Waals surface area (Å²) in [6, 6.07) is -2.35. The van der Waals surface area contributed by atoms with Crippen molar-refractivity contribution in [3.8, 4) is 0 Å². The molecule has 0 aliphatic carbocycles. The Bertz CT molecular complexity index is 498. The minimum Gasteiger partial charge on any atom is -0.481 e. The van der Waals surface area contributed by atoms with Gasteiger partial charge in [-0.25, -0.2) is 9.59 Å². The summed E-state index contributed by atoms with van der Waals surface area (Å²) in [6.45, 7) is 5.38. The Kier molecular flexibility index (Phi) is 6.08. The lowest BCUT2D eigenvalue weighted by Gasteiger charge is -2.26. The molecule has 1 rings (SSSR count). The van der Waals surface area contributed by atoms with Gasteiger partial charge in [-0.3, -0.25) is 9.59 Å². The molecule has 23 heavy (non-hydrogen) atoms. The standard InChI is InChI=1S/C14H22N2O7/c1-14(2,3)13(22)23-16-6-4-5-9(16)11(19)15-8(12(20)21)7-10(17)18/h8-9H,4-7H2,1-3H3,(H,15,19)(H,17,18)(H,20,21). The van der Waals surface area contributed by atoms with Crippen LogP contribution in [0.15, 0.2) is 0 Å².